The van der Waals surface area contributed by atoms with E-state index in [0.29, 0.717) is 5.56 Å². The zero-order valence-corrected chi connectivity index (χ0v) is 8.22. The Hall–Kier alpha value is -0.965. The Kier molecular flexibility index (Phi) is 2.30. The van der Waals surface area contributed by atoms with E-state index in [1.54, 1.807) is 12.1 Å². The minimum absolute atomic E-state index is 0.262. The number of nitrogens with two attached hydrogens (primary N) is 1. The number of hydrogen-bond acceptors (Lipinski definition) is 1. The van der Waals surface area contributed by atoms with E-state index >= 15 is 0 Å². The van der Waals surface area contributed by atoms with Crippen LogP contribution in [-0.2, 0) is 11.9 Å². The molecule has 0 radical (unpaired) electrons. The molecule has 1 saturated carbocycles. The molecule has 1 fully saturated rings. The van der Waals surface area contributed by atoms with E-state index in [2.05, 4.69) is 0 Å². The van der Waals surface area contributed by atoms with Crippen molar-refractivity contribution >= 4 is 6.98 Å². The molecule has 15 heavy (non-hydrogen) atoms. The molecule has 0 heterocycles. The van der Waals surface area contributed by atoms with Gasteiger partial charge >= 0.3 is 6.98 Å². The third-order valence-corrected chi connectivity index (χ3v) is 2.78. The second kappa shape index (κ2) is 3.27. The van der Waals surface area contributed by atoms with E-state index in [-0.39, 0.29) is 5.54 Å². The predicted octanol–water partition coefficient (Wildman–Crippen LogP) is 2.56. The van der Waals surface area contributed by atoms with E-state index in [1.807, 2.05) is 0 Å². The molecule has 0 unspecified atom stereocenters. The molecule has 82 valence electrons. The highest BCUT2D eigenvalue weighted by molar-refractivity contribution is 6.57. The summed E-state index contributed by atoms with van der Waals surface area (Å²) in [5.41, 5.74) is 6.93. The van der Waals surface area contributed by atoms with E-state index < -0.39 is 13.3 Å². The molecule has 0 saturated heterocycles. The lowest BCUT2D eigenvalue weighted by molar-refractivity contribution is 0.468. The summed E-state index contributed by atoms with van der Waals surface area (Å²) in [7, 11) is 0. The number of rotatable bonds is 3. The van der Waals surface area contributed by atoms with Gasteiger partial charge in [-0.1, -0.05) is 36.1 Å². The van der Waals surface area contributed by atoms with E-state index in [9.17, 15) is 12.9 Å². The molecule has 0 bridgehead atoms. The molecule has 0 spiro atoms. The second-order valence-electron chi connectivity index (χ2n) is 4.27. The van der Waals surface area contributed by atoms with Crippen molar-refractivity contribution in [2.75, 3.05) is 0 Å². The van der Waals surface area contributed by atoms with Crippen LogP contribution in [-0.4, -0.2) is 6.98 Å². The van der Waals surface area contributed by atoms with Gasteiger partial charge in [0.2, 0.25) is 0 Å². The van der Waals surface area contributed by atoms with Gasteiger partial charge in [-0.3, -0.25) is 0 Å². The first-order chi connectivity index (χ1) is 6.89. The minimum Gasteiger partial charge on any atom is -0.449 e. The molecule has 0 amide bonds. The van der Waals surface area contributed by atoms with Crippen LogP contribution in [0.15, 0.2) is 24.3 Å². The fourth-order valence-corrected chi connectivity index (χ4v) is 1.66. The second-order valence-corrected chi connectivity index (χ2v) is 4.27. The van der Waals surface area contributed by atoms with Crippen molar-refractivity contribution in [3.63, 3.8) is 0 Å². The van der Waals surface area contributed by atoms with Gasteiger partial charge in [0, 0.05) is 5.54 Å². The van der Waals surface area contributed by atoms with Crippen molar-refractivity contribution in [3.05, 3.63) is 35.4 Å². The molecular weight excluding hydrogens is 202 g/mol. The number of halogens is 3. The molecule has 2 rings (SSSR count). The Morgan fingerprint density at radius 1 is 1.13 bits per heavy atom. The molecule has 1 aliphatic carbocycles. The van der Waals surface area contributed by atoms with Crippen LogP contribution in [0.5, 0.6) is 0 Å². The van der Waals surface area contributed by atoms with Crippen molar-refractivity contribution < 1.29 is 12.9 Å². The SMILES string of the molecule is NC1(c2ccc(C[B-](F)(F)F)cc2)CC1. The molecule has 1 nitrogen and oxygen atoms in total. The van der Waals surface area contributed by atoms with Crippen molar-refractivity contribution in [1.29, 1.82) is 0 Å². The molecule has 0 aliphatic heterocycles. The van der Waals surface area contributed by atoms with Crippen molar-refractivity contribution in [3.8, 4) is 0 Å². The van der Waals surface area contributed by atoms with Gasteiger partial charge in [0.15, 0.2) is 0 Å². The third-order valence-electron chi connectivity index (χ3n) is 2.78. The van der Waals surface area contributed by atoms with Crippen LogP contribution < -0.4 is 5.73 Å². The molecule has 0 aromatic heterocycles. The standard InChI is InChI=1S/C10H12BF3N/c12-11(13,14)7-8-1-3-9(4-2-8)10(15)5-6-10/h1-4H,5-7,15H2/q-1. The van der Waals surface area contributed by atoms with Gasteiger partial charge < -0.3 is 18.7 Å². The van der Waals surface area contributed by atoms with Crippen LogP contribution in [0.2, 0.25) is 0 Å². The molecule has 1 aromatic rings. The molecule has 0 atom stereocenters. The predicted molar refractivity (Wildman–Crippen MR) is 54.3 cm³/mol. The highest BCUT2D eigenvalue weighted by Crippen LogP contribution is 2.42. The van der Waals surface area contributed by atoms with Crippen LogP contribution in [0.1, 0.15) is 24.0 Å². The summed E-state index contributed by atoms with van der Waals surface area (Å²) < 4.78 is 36.4. The van der Waals surface area contributed by atoms with Gasteiger partial charge in [-0.05, 0) is 18.4 Å². The topological polar surface area (TPSA) is 26.0 Å². The van der Waals surface area contributed by atoms with Gasteiger partial charge in [0.05, 0.1) is 0 Å². The number of benzene rings is 1. The summed E-state index contributed by atoms with van der Waals surface area (Å²) in [5, 5.41) is 0. The van der Waals surface area contributed by atoms with E-state index in [1.165, 1.54) is 12.1 Å². The van der Waals surface area contributed by atoms with E-state index in [0.717, 1.165) is 18.4 Å². The Labute approximate surface area is 86.5 Å². The lowest BCUT2D eigenvalue weighted by Crippen LogP contribution is -2.20. The van der Waals surface area contributed by atoms with Crippen LogP contribution in [0.25, 0.3) is 0 Å². The van der Waals surface area contributed by atoms with Crippen molar-refractivity contribution in [1.82, 2.24) is 0 Å². The van der Waals surface area contributed by atoms with Gasteiger partial charge in [-0.25, -0.2) is 0 Å². The molecule has 2 N–H and O–H groups in total. The Morgan fingerprint density at radius 2 is 1.67 bits per heavy atom. The monoisotopic (exact) mass is 214 g/mol. The van der Waals surface area contributed by atoms with E-state index in [4.69, 9.17) is 5.73 Å². The maximum Gasteiger partial charge on any atom is 0.482 e. The number of hydrogen-bond donors (Lipinski definition) is 1. The third kappa shape index (κ3) is 2.53. The zero-order chi connectivity index (χ0) is 11.1. The molecule has 5 heteroatoms. The Bertz CT molecular complexity index is 354. The van der Waals surface area contributed by atoms with Gasteiger partial charge in [0.25, 0.3) is 0 Å². The average Bonchev–Trinajstić information content (AvgIpc) is 2.83. The summed E-state index contributed by atoms with van der Waals surface area (Å²) in [6, 6.07) is 6.48. The molecule has 1 aromatic carbocycles. The summed E-state index contributed by atoms with van der Waals surface area (Å²) in [6.45, 7) is -4.74. The summed E-state index contributed by atoms with van der Waals surface area (Å²) in [6.07, 6.45) is 1.04. The Morgan fingerprint density at radius 3 is 2.07 bits per heavy atom. The largest absolute Gasteiger partial charge is 0.482 e. The van der Waals surface area contributed by atoms with Gasteiger partial charge in [0.1, 0.15) is 0 Å². The normalized spacial score (nSPS) is 18.9. The van der Waals surface area contributed by atoms with Crippen molar-refractivity contribution in [2.24, 2.45) is 5.73 Å². The fourth-order valence-electron chi connectivity index (χ4n) is 1.66. The van der Waals surface area contributed by atoms with Gasteiger partial charge in [-0.2, -0.15) is 0 Å². The maximum absolute atomic E-state index is 12.1. The summed E-state index contributed by atoms with van der Waals surface area (Å²) >= 11 is 0. The molecule has 1 aliphatic rings. The maximum atomic E-state index is 12.1. The van der Waals surface area contributed by atoms with Crippen LogP contribution in [0.3, 0.4) is 0 Å². The minimum atomic E-state index is -4.74. The molecular formula is C10H12BF3N-. The van der Waals surface area contributed by atoms with Crippen LogP contribution in [0, 0.1) is 0 Å². The van der Waals surface area contributed by atoms with Crippen molar-refractivity contribution in [2.45, 2.75) is 24.7 Å². The zero-order valence-electron chi connectivity index (χ0n) is 8.22. The first-order valence-electron chi connectivity index (χ1n) is 4.98. The summed E-state index contributed by atoms with van der Waals surface area (Å²) in [5.74, 6) is 0. The average molecular weight is 214 g/mol. The van der Waals surface area contributed by atoms with Crippen LogP contribution >= 0.6 is 0 Å². The highest BCUT2D eigenvalue weighted by atomic mass is 19.4. The lowest BCUT2D eigenvalue weighted by atomic mass is 9.81. The first kappa shape index (κ1) is 10.5. The first-order valence-corrected chi connectivity index (χ1v) is 4.98. The Balaban J connectivity index is 2.11. The van der Waals surface area contributed by atoms with Crippen LogP contribution in [0.4, 0.5) is 12.9 Å². The smallest absolute Gasteiger partial charge is 0.449 e. The quantitative estimate of drug-likeness (QED) is 0.768. The summed E-state index contributed by atoms with van der Waals surface area (Å²) in [4.78, 5) is 0. The van der Waals surface area contributed by atoms with Gasteiger partial charge in [-0.15, -0.1) is 0 Å². The fraction of sp³-hybridized carbons (Fsp3) is 0.400. The lowest BCUT2D eigenvalue weighted by Gasteiger charge is -2.15. The highest BCUT2D eigenvalue weighted by Gasteiger charge is 2.39.